The Hall–Kier alpha value is -3.65. The Bertz CT molecular complexity index is 1380. The number of rotatable bonds is 8. The monoisotopic (exact) mass is 584 g/mol. The van der Waals surface area contributed by atoms with Gasteiger partial charge >= 0.3 is 6.03 Å². The molecule has 230 valence electrons. The van der Waals surface area contributed by atoms with Crippen LogP contribution in [0.1, 0.15) is 76.1 Å². The van der Waals surface area contributed by atoms with Crippen molar-refractivity contribution in [1.82, 2.24) is 19.6 Å². The molecule has 3 amide bonds. The maximum Gasteiger partial charge on any atom is 0.324 e. The Labute approximate surface area is 256 Å². The summed E-state index contributed by atoms with van der Waals surface area (Å²) in [5.41, 5.74) is 4.77. The van der Waals surface area contributed by atoms with E-state index in [4.69, 9.17) is 5.10 Å². The third kappa shape index (κ3) is 8.47. The fraction of sp³-hybridized carbons (Fsp3) is 0.514. The number of aromatic nitrogens is 2. The Kier molecular flexibility index (Phi) is 9.86. The Morgan fingerprint density at radius 2 is 1.63 bits per heavy atom. The van der Waals surface area contributed by atoms with E-state index in [9.17, 15) is 9.59 Å². The fourth-order valence-corrected chi connectivity index (χ4v) is 6.09. The Morgan fingerprint density at radius 3 is 2.33 bits per heavy atom. The van der Waals surface area contributed by atoms with Gasteiger partial charge in [-0.3, -0.25) is 10.1 Å². The van der Waals surface area contributed by atoms with Crippen molar-refractivity contribution in [1.29, 1.82) is 0 Å². The van der Waals surface area contributed by atoms with Gasteiger partial charge in [-0.05, 0) is 87.9 Å². The van der Waals surface area contributed by atoms with E-state index < -0.39 is 0 Å². The molecule has 0 saturated carbocycles. The van der Waals surface area contributed by atoms with Crippen LogP contribution in [0.3, 0.4) is 0 Å². The first-order valence-corrected chi connectivity index (χ1v) is 16.0. The lowest BCUT2D eigenvalue weighted by Gasteiger charge is -2.33. The molecule has 2 aromatic carbocycles. The first-order valence-electron chi connectivity index (χ1n) is 16.0. The quantitative estimate of drug-likeness (QED) is 0.306. The number of amides is 3. The van der Waals surface area contributed by atoms with Gasteiger partial charge in [0.25, 0.3) is 0 Å². The molecular weight excluding hydrogens is 536 g/mol. The number of nitrogens with zero attached hydrogens (tertiary/aromatic N) is 4. The fourth-order valence-electron chi connectivity index (χ4n) is 6.09. The number of hydrogen-bond acceptors (Lipinski definition) is 4. The van der Waals surface area contributed by atoms with Crippen LogP contribution in [0.15, 0.2) is 54.6 Å². The van der Waals surface area contributed by atoms with Gasteiger partial charge in [-0.1, -0.05) is 57.0 Å². The van der Waals surface area contributed by atoms with Gasteiger partial charge in [0.15, 0.2) is 0 Å². The largest absolute Gasteiger partial charge is 0.343 e. The van der Waals surface area contributed by atoms with E-state index in [-0.39, 0.29) is 11.4 Å². The first kappa shape index (κ1) is 30.8. The van der Waals surface area contributed by atoms with E-state index in [2.05, 4.69) is 60.3 Å². The first-order chi connectivity index (χ1) is 20.6. The molecule has 43 heavy (non-hydrogen) atoms. The number of hydrogen-bond donors (Lipinski definition) is 2. The molecule has 2 N–H and O–H groups in total. The second-order valence-electron chi connectivity index (χ2n) is 13.4. The number of likely N-dealkylation sites (tertiary alicyclic amines) is 2. The molecule has 0 atom stereocenters. The van der Waals surface area contributed by atoms with Crippen molar-refractivity contribution in [2.75, 3.05) is 43.4 Å². The molecule has 2 aliphatic rings. The zero-order valence-corrected chi connectivity index (χ0v) is 26.4. The van der Waals surface area contributed by atoms with Crippen LogP contribution in [-0.4, -0.2) is 64.2 Å². The number of anilines is 2. The second-order valence-corrected chi connectivity index (χ2v) is 13.4. The molecule has 3 aromatic rings. The highest BCUT2D eigenvalue weighted by atomic mass is 16.2. The summed E-state index contributed by atoms with van der Waals surface area (Å²) in [6.07, 6.45) is 7.48. The van der Waals surface area contributed by atoms with Crippen molar-refractivity contribution in [2.45, 2.75) is 78.1 Å². The summed E-state index contributed by atoms with van der Waals surface area (Å²) >= 11 is 0. The molecule has 1 aromatic heterocycles. The van der Waals surface area contributed by atoms with Gasteiger partial charge in [0.05, 0.1) is 11.4 Å². The zero-order valence-electron chi connectivity index (χ0n) is 26.4. The van der Waals surface area contributed by atoms with Crippen molar-refractivity contribution in [3.8, 4) is 5.69 Å². The average Bonchev–Trinajstić information content (AvgIpc) is 3.41. The second kappa shape index (κ2) is 13.8. The van der Waals surface area contributed by atoms with Crippen LogP contribution >= 0.6 is 0 Å². The Balaban J connectivity index is 1.14. The molecular formula is C35H48N6O2. The predicted molar refractivity (Wildman–Crippen MR) is 174 cm³/mol. The van der Waals surface area contributed by atoms with Crippen molar-refractivity contribution >= 4 is 23.4 Å². The number of nitrogens with one attached hydrogen (secondary N) is 2. The van der Waals surface area contributed by atoms with E-state index in [1.54, 1.807) is 4.68 Å². The third-order valence-electron chi connectivity index (χ3n) is 8.76. The van der Waals surface area contributed by atoms with Crippen molar-refractivity contribution in [3.05, 3.63) is 71.4 Å². The lowest BCUT2D eigenvalue weighted by molar-refractivity contribution is -0.133. The summed E-state index contributed by atoms with van der Waals surface area (Å²) in [4.78, 5) is 30.4. The van der Waals surface area contributed by atoms with Gasteiger partial charge < -0.3 is 15.1 Å². The number of aryl methyl sites for hydroxylation is 1. The molecule has 2 aliphatic heterocycles. The van der Waals surface area contributed by atoms with Gasteiger partial charge in [0.2, 0.25) is 5.91 Å². The lowest BCUT2D eigenvalue weighted by atomic mass is 9.90. The smallest absolute Gasteiger partial charge is 0.324 e. The molecule has 8 heteroatoms. The minimum absolute atomic E-state index is 0.159. The van der Waals surface area contributed by atoms with Gasteiger partial charge in [0.1, 0.15) is 5.82 Å². The molecule has 8 nitrogen and oxygen atoms in total. The van der Waals surface area contributed by atoms with Crippen molar-refractivity contribution < 1.29 is 9.59 Å². The summed E-state index contributed by atoms with van der Waals surface area (Å²) in [5.74, 6) is 1.47. The van der Waals surface area contributed by atoms with E-state index in [0.29, 0.717) is 24.1 Å². The van der Waals surface area contributed by atoms with Crippen molar-refractivity contribution in [3.63, 3.8) is 0 Å². The summed E-state index contributed by atoms with van der Waals surface area (Å²) in [6, 6.07) is 17.9. The molecule has 3 heterocycles. The lowest BCUT2D eigenvalue weighted by Crippen LogP contribution is -2.41. The SMILES string of the molecule is Cc1ccc(-n2nc(C(C)(C)C)cc2NC(=O)Nc2cccc(CC3CCN(C(=O)CCN4CCCCC4)CC3)c2)cc1. The average molecular weight is 585 g/mol. The maximum absolute atomic E-state index is 13.1. The van der Waals surface area contributed by atoms with Crippen molar-refractivity contribution in [2.24, 2.45) is 5.92 Å². The molecule has 2 saturated heterocycles. The van der Waals surface area contributed by atoms with Crippen LogP contribution in [0.4, 0.5) is 16.3 Å². The van der Waals surface area contributed by atoms with Gasteiger partial charge in [-0.2, -0.15) is 5.10 Å². The molecule has 0 unspecified atom stereocenters. The van der Waals surface area contributed by atoms with Crippen LogP contribution in [0.5, 0.6) is 0 Å². The minimum Gasteiger partial charge on any atom is -0.343 e. The van der Waals surface area contributed by atoms with Gasteiger partial charge in [0, 0.05) is 43.2 Å². The number of piperidine rings is 2. The normalized spacial score (nSPS) is 16.7. The maximum atomic E-state index is 13.1. The minimum atomic E-state index is -0.303. The zero-order chi connectivity index (χ0) is 30.4. The number of carbonyl (C=O) groups excluding carboxylic acids is 2. The summed E-state index contributed by atoms with van der Waals surface area (Å²) in [7, 11) is 0. The highest BCUT2D eigenvalue weighted by Crippen LogP contribution is 2.27. The highest BCUT2D eigenvalue weighted by Gasteiger charge is 2.24. The van der Waals surface area contributed by atoms with Crippen LogP contribution < -0.4 is 10.6 Å². The molecule has 2 fully saturated rings. The number of carbonyl (C=O) groups is 2. The topological polar surface area (TPSA) is 82.5 Å². The van der Waals surface area contributed by atoms with Crippen LogP contribution in [0.2, 0.25) is 0 Å². The van der Waals surface area contributed by atoms with Crippen LogP contribution in [0, 0.1) is 12.8 Å². The molecule has 0 bridgehead atoms. The summed E-state index contributed by atoms with van der Waals surface area (Å²) in [5, 5.41) is 10.9. The summed E-state index contributed by atoms with van der Waals surface area (Å²) < 4.78 is 1.79. The molecule has 5 rings (SSSR count). The van der Waals surface area contributed by atoms with E-state index in [1.807, 2.05) is 42.5 Å². The molecule has 0 aliphatic carbocycles. The van der Waals surface area contributed by atoms with Crippen LogP contribution in [-0.2, 0) is 16.6 Å². The molecule has 0 radical (unpaired) electrons. The van der Waals surface area contributed by atoms with Gasteiger partial charge in [-0.25, -0.2) is 9.48 Å². The third-order valence-corrected chi connectivity index (χ3v) is 8.76. The van der Waals surface area contributed by atoms with Gasteiger partial charge in [-0.15, -0.1) is 0 Å². The van der Waals surface area contributed by atoms with E-state index in [0.717, 1.165) is 69.1 Å². The van der Waals surface area contributed by atoms with Crippen LogP contribution in [0.25, 0.3) is 5.69 Å². The molecule has 0 spiro atoms. The van der Waals surface area contributed by atoms with E-state index >= 15 is 0 Å². The predicted octanol–water partition coefficient (Wildman–Crippen LogP) is 6.78. The standard InChI is InChI=1S/C35H48N6O2/c1-26-11-13-30(14-12-26)41-32(25-31(38-41)35(2,3)4)37-34(43)36-29-10-8-9-28(24-29)23-27-15-21-40(22-16-27)33(42)17-20-39-18-6-5-7-19-39/h8-14,24-25,27H,5-7,15-23H2,1-4H3,(H2,36,37,43). The van der Waals surface area contributed by atoms with E-state index in [1.165, 1.54) is 30.4 Å². The highest BCUT2D eigenvalue weighted by molar-refractivity contribution is 5.99. The number of urea groups is 1. The summed E-state index contributed by atoms with van der Waals surface area (Å²) in [6.45, 7) is 13.3. The number of benzene rings is 2. The Morgan fingerprint density at radius 1 is 0.907 bits per heavy atom.